The molecule has 3 nitrogen and oxygen atoms in total. The van der Waals surface area contributed by atoms with Crippen LogP contribution in [0.1, 0.15) is 18.9 Å². The fourth-order valence-corrected chi connectivity index (χ4v) is 2.01. The summed E-state index contributed by atoms with van der Waals surface area (Å²) in [6.45, 7) is 1.78. The van der Waals surface area contributed by atoms with E-state index in [1.807, 2.05) is 30.3 Å². The van der Waals surface area contributed by atoms with Crippen LogP contribution in [0.2, 0.25) is 0 Å². The van der Waals surface area contributed by atoms with Crippen molar-refractivity contribution in [2.24, 2.45) is 5.92 Å². The summed E-state index contributed by atoms with van der Waals surface area (Å²) in [7, 11) is 0. The van der Waals surface area contributed by atoms with Crippen LogP contribution in [0.4, 0.5) is 0 Å². The van der Waals surface area contributed by atoms with Gasteiger partial charge in [0.15, 0.2) is 5.78 Å². The number of rotatable bonds is 2. The van der Waals surface area contributed by atoms with Crippen molar-refractivity contribution in [1.29, 1.82) is 0 Å². The smallest absolute Gasteiger partial charge is 0.313 e. The predicted octanol–water partition coefficient (Wildman–Crippen LogP) is 1.75. The van der Waals surface area contributed by atoms with Crippen LogP contribution < -0.4 is 0 Å². The van der Waals surface area contributed by atoms with E-state index in [-0.39, 0.29) is 24.2 Å². The Balaban J connectivity index is 2.09. The minimum atomic E-state index is -0.401. The Morgan fingerprint density at radius 1 is 1.25 bits per heavy atom. The molecular weight excluding hydrogens is 204 g/mol. The molecule has 0 aliphatic carbocycles. The summed E-state index contributed by atoms with van der Waals surface area (Å²) in [5.74, 6) is -0.602. The molecule has 3 heteroatoms. The molecule has 16 heavy (non-hydrogen) atoms. The lowest BCUT2D eigenvalue weighted by atomic mass is 9.87. The maximum Gasteiger partial charge on any atom is 0.313 e. The van der Waals surface area contributed by atoms with E-state index in [2.05, 4.69) is 0 Å². The minimum absolute atomic E-state index is 0.00685. The lowest BCUT2D eigenvalue weighted by molar-refractivity contribution is -0.161. The zero-order valence-electron chi connectivity index (χ0n) is 9.18. The number of ether oxygens (including phenoxy) is 1. The maximum absolute atomic E-state index is 11.7. The van der Waals surface area contributed by atoms with Gasteiger partial charge in [-0.3, -0.25) is 9.59 Å². The molecule has 2 rings (SSSR count). The van der Waals surface area contributed by atoms with Gasteiger partial charge in [-0.2, -0.15) is 0 Å². The summed E-state index contributed by atoms with van der Waals surface area (Å²) >= 11 is 0. The second kappa shape index (κ2) is 4.47. The molecule has 1 aliphatic heterocycles. The van der Waals surface area contributed by atoms with E-state index in [1.54, 1.807) is 6.92 Å². The van der Waals surface area contributed by atoms with Crippen molar-refractivity contribution >= 4 is 11.8 Å². The van der Waals surface area contributed by atoms with E-state index in [0.29, 0.717) is 6.42 Å². The van der Waals surface area contributed by atoms with Crippen LogP contribution in [0, 0.1) is 5.92 Å². The van der Waals surface area contributed by atoms with Crippen LogP contribution in [0.5, 0.6) is 0 Å². The van der Waals surface area contributed by atoms with E-state index in [1.165, 1.54) is 0 Å². The third-order valence-corrected chi connectivity index (χ3v) is 2.91. The third kappa shape index (κ3) is 2.30. The quantitative estimate of drug-likeness (QED) is 0.561. The Morgan fingerprint density at radius 2 is 1.94 bits per heavy atom. The Labute approximate surface area is 94.4 Å². The third-order valence-electron chi connectivity index (χ3n) is 2.91. The van der Waals surface area contributed by atoms with Gasteiger partial charge in [-0.1, -0.05) is 30.3 Å². The Hall–Kier alpha value is -1.64. The molecule has 1 heterocycles. The van der Waals surface area contributed by atoms with Gasteiger partial charge in [-0.05, 0) is 18.9 Å². The monoisotopic (exact) mass is 218 g/mol. The fraction of sp³-hybridized carbons (Fsp3) is 0.385. The average molecular weight is 218 g/mol. The highest BCUT2D eigenvalue weighted by molar-refractivity contribution is 5.99. The van der Waals surface area contributed by atoms with Crippen LogP contribution in [0.15, 0.2) is 30.3 Å². The van der Waals surface area contributed by atoms with Crippen LogP contribution in [-0.4, -0.2) is 17.9 Å². The van der Waals surface area contributed by atoms with Crippen molar-refractivity contribution in [1.82, 2.24) is 0 Å². The van der Waals surface area contributed by atoms with Gasteiger partial charge >= 0.3 is 5.97 Å². The SMILES string of the molecule is CC1OC(=O)CC(=O)C1Cc1ccccc1. The molecule has 0 aromatic heterocycles. The summed E-state index contributed by atoms with van der Waals surface area (Å²) in [5, 5.41) is 0. The number of hydrogen-bond acceptors (Lipinski definition) is 3. The summed E-state index contributed by atoms with van der Waals surface area (Å²) in [4.78, 5) is 22.8. The van der Waals surface area contributed by atoms with Crippen molar-refractivity contribution in [3.63, 3.8) is 0 Å². The largest absolute Gasteiger partial charge is 0.462 e. The second-order valence-electron chi connectivity index (χ2n) is 4.13. The molecule has 1 aromatic carbocycles. The summed E-state index contributed by atoms with van der Waals surface area (Å²) in [6.07, 6.45) is 0.254. The summed E-state index contributed by atoms with van der Waals surface area (Å²) < 4.78 is 5.08. The predicted molar refractivity (Wildman–Crippen MR) is 58.8 cm³/mol. The van der Waals surface area contributed by atoms with Crippen LogP contribution in [-0.2, 0) is 20.7 Å². The first-order valence-electron chi connectivity index (χ1n) is 5.43. The van der Waals surface area contributed by atoms with Crippen LogP contribution >= 0.6 is 0 Å². The maximum atomic E-state index is 11.7. The average Bonchev–Trinajstić information content (AvgIpc) is 2.25. The molecule has 1 aliphatic rings. The highest BCUT2D eigenvalue weighted by Gasteiger charge is 2.34. The zero-order chi connectivity index (χ0) is 11.5. The Kier molecular flexibility index (Phi) is 3.04. The van der Waals surface area contributed by atoms with Crippen molar-refractivity contribution in [3.8, 4) is 0 Å². The summed E-state index contributed by atoms with van der Waals surface area (Å²) in [5.41, 5.74) is 1.10. The number of ketones is 1. The molecule has 0 saturated carbocycles. The Bertz CT molecular complexity index is 397. The first kappa shape index (κ1) is 10.9. The molecule has 1 fully saturated rings. The highest BCUT2D eigenvalue weighted by atomic mass is 16.5. The zero-order valence-corrected chi connectivity index (χ0v) is 9.18. The van der Waals surface area contributed by atoms with Gasteiger partial charge in [0.25, 0.3) is 0 Å². The van der Waals surface area contributed by atoms with Crippen molar-refractivity contribution in [2.75, 3.05) is 0 Å². The van der Waals surface area contributed by atoms with E-state index >= 15 is 0 Å². The number of hydrogen-bond donors (Lipinski definition) is 0. The Morgan fingerprint density at radius 3 is 2.56 bits per heavy atom. The van der Waals surface area contributed by atoms with Crippen LogP contribution in [0.25, 0.3) is 0 Å². The number of carbonyl (C=O) groups is 2. The van der Waals surface area contributed by atoms with Gasteiger partial charge in [0.05, 0.1) is 5.92 Å². The number of cyclic esters (lactones) is 1. The van der Waals surface area contributed by atoms with Gasteiger partial charge in [0.1, 0.15) is 12.5 Å². The number of benzene rings is 1. The van der Waals surface area contributed by atoms with Gasteiger partial charge in [-0.15, -0.1) is 0 Å². The molecule has 2 unspecified atom stereocenters. The lowest BCUT2D eigenvalue weighted by Crippen LogP contribution is -2.38. The second-order valence-corrected chi connectivity index (χ2v) is 4.13. The lowest BCUT2D eigenvalue weighted by Gasteiger charge is -2.27. The van der Waals surface area contributed by atoms with E-state index in [9.17, 15) is 9.59 Å². The molecular formula is C13H14O3. The van der Waals surface area contributed by atoms with Crippen molar-refractivity contribution in [2.45, 2.75) is 25.9 Å². The molecule has 0 amide bonds. The minimum Gasteiger partial charge on any atom is -0.462 e. The molecule has 1 aromatic rings. The standard InChI is InChI=1S/C13H14O3/c1-9-11(12(14)8-13(15)16-9)7-10-5-3-2-4-6-10/h2-6,9,11H,7-8H2,1H3. The number of carbonyl (C=O) groups excluding carboxylic acids is 2. The van der Waals surface area contributed by atoms with Crippen LogP contribution in [0.3, 0.4) is 0 Å². The first-order valence-corrected chi connectivity index (χ1v) is 5.43. The van der Waals surface area contributed by atoms with Gasteiger partial charge < -0.3 is 4.74 Å². The normalized spacial score (nSPS) is 25.3. The fourth-order valence-electron chi connectivity index (χ4n) is 2.01. The first-order chi connectivity index (χ1) is 7.66. The molecule has 0 bridgehead atoms. The highest BCUT2D eigenvalue weighted by Crippen LogP contribution is 2.22. The molecule has 84 valence electrons. The summed E-state index contributed by atoms with van der Waals surface area (Å²) in [6, 6.07) is 9.79. The van der Waals surface area contributed by atoms with E-state index < -0.39 is 5.97 Å². The molecule has 0 N–H and O–H groups in total. The van der Waals surface area contributed by atoms with Crippen molar-refractivity contribution in [3.05, 3.63) is 35.9 Å². The van der Waals surface area contributed by atoms with Gasteiger partial charge in [0, 0.05) is 0 Å². The van der Waals surface area contributed by atoms with E-state index in [4.69, 9.17) is 4.74 Å². The van der Waals surface area contributed by atoms with E-state index in [0.717, 1.165) is 5.56 Å². The molecule has 0 radical (unpaired) electrons. The molecule has 0 spiro atoms. The molecule has 1 saturated heterocycles. The van der Waals surface area contributed by atoms with Gasteiger partial charge in [0.2, 0.25) is 0 Å². The number of Topliss-reactive ketones (excluding diaryl/α,β-unsaturated/α-hetero) is 1. The topological polar surface area (TPSA) is 43.4 Å². The molecule has 2 atom stereocenters. The van der Waals surface area contributed by atoms with Crippen molar-refractivity contribution < 1.29 is 14.3 Å². The van der Waals surface area contributed by atoms with Gasteiger partial charge in [-0.25, -0.2) is 0 Å². The number of esters is 1.